The Morgan fingerprint density at radius 2 is 1.60 bits per heavy atom. The van der Waals surface area contributed by atoms with Crippen LogP contribution in [0.2, 0.25) is 0 Å². The fourth-order valence-electron chi connectivity index (χ4n) is 0. The lowest BCUT2D eigenvalue weighted by Gasteiger charge is -2.04. The van der Waals surface area contributed by atoms with Crippen LogP contribution >= 0.6 is 0 Å². The molecule has 0 atom stereocenters. The summed E-state index contributed by atoms with van der Waals surface area (Å²) in [6, 6.07) is 0. The van der Waals surface area contributed by atoms with Gasteiger partial charge in [-0.2, -0.15) is 0 Å². The van der Waals surface area contributed by atoms with E-state index in [1.54, 1.807) is 0 Å². The van der Waals surface area contributed by atoms with Crippen molar-refractivity contribution >= 4 is 7.85 Å². The highest BCUT2D eigenvalue weighted by molar-refractivity contribution is 6.12. The lowest BCUT2D eigenvalue weighted by atomic mass is 10.1. The molecule has 0 bridgehead atoms. The molecule has 0 amide bonds. The lowest BCUT2D eigenvalue weighted by Crippen LogP contribution is -2.39. The van der Waals surface area contributed by atoms with Crippen LogP contribution in [-0.4, -0.2) is 23.9 Å². The molecule has 0 heterocycles. The molecule has 5 heavy (non-hydrogen) atoms. The average Bonchev–Trinajstić information content (AvgIpc) is 0.722. The SMILES string of the molecule is [B]C(N)(O)O. The van der Waals surface area contributed by atoms with E-state index in [0.717, 1.165) is 0 Å². The normalized spacial score (nSPS) is 11.8. The van der Waals surface area contributed by atoms with Crippen molar-refractivity contribution in [3.05, 3.63) is 0 Å². The minimum atomic E-state index is -2.50. The van der Waals surface area contributed by atoms with E-state index in [1.807, 2.05) is 0 Å². The van der Waals surface area contributed by atoms with Crippen molar-refractivity contribution in [1.29, 1.82) is 0 Å². The van der Waals surface area contributed by atoms with Crippen molar-refractivity contribution < 1.29 is 10.2 Å². The van der Waals surface area contributed by atoms with Gasteiger partial charge in [-0.25, -0.2) is 0 Å². The molecule has 0 fully saturated rings. The van der Waals surface area contributed by atoms with Crippen molar-refractivity contribution in [2.24, 2.45) is 5.73 Å². The first-order chi connectivity index (χ1) is 2.00. The number of nitrogens with two attached hydrogens (primary N) is 1. The summed E-state index contributed by atoms with van der Waals surface area (Å²) in [4.78, 5) is 0. The van der Waals surface area contributed by atoms with Crippen molar-refractivity contribution in [2.45, 2.75) is 5.81 Å². The number of aliphatic hydroxyl groups is 2. The Morgan fingerprint density at radius 1 is 1.60 bits per heavy atom. The summed E-state index contributed by atoms with van der Waals surface area (Å²) >= 11 is 0. The highest BCUT2D eigenvalue weighted by atomic mass is 16.5. The van der Waals surface area contributed by atoms with Gasteiger partial charge in [-0.05, 0) is 0 Å². The molecule has 0 aliphatic carbocycles. The molecule has 0 saturated carbocycles. The van der Waals surface area contributed by atoms with Gasteiger partial charge in [0.1, 0.15) is 0 Å². The Kier molecular flexibility index (Phi) is 0.957. The Balaban J connectivity index is 3.02. The lowest BCUT2D eigenvalue weighted by molar-refractivity contribution is -0.0786. The average molecular weight is 72.9 g/mol. The van der Waals surface area contributed by atoms with Crippen LogP contribution < -0.4 is 5.73 Å². The van der Waals surface area contributed by atoms with Gasteiger partial charge >= 0.3 is 0 Å². The molecular formula is CH4BNO2. The smallest absolute Gasteiger partial charge is 0.177 e. The molecule has 0 aliphatic heterocycles. The van der Waals surface area contributed by atoms with Gasteiger partial charge in [-0.3, -0.25) is 5.73 Å². The first kappa shape index (κ1) is 4.94. The predicted octanol–water partition coefficient (Wildman–Crippen LogP) is -2.29. The van der Waals surface area contributed by atoms with E-state index in [0.29, 0.717) is 0 Å². The summed E-state index contributed by atoms with van der Waals surface area (Å²) in [5, 5.41) is 15.3. The molecular weight excluding hydrogens is 68.8 g/mol. The molecule has 4 N–H and O–H groups in total. The van der Waals surface area contributed by atoms with Gasteiger partial charge < -0.3 is 10.2 Å². The molecule has 0 rings (SSSR count). The molecule has 0 spiro atoms. The Morgan fingerprint density at radius 3 is 1.60 bits per heavy atom. The van der Waals surface area contributed by atoms with E-state index >= 15 is 0 Å². The van der Waals surface area contributed by atoms with Gasteiger partial charge in [-0.15, -0.1) is 0 Å². The third-order valence-corrected chi connectivity index (χ3v) is 0. The van der Waals surface area contributed by atoms with E-state index < -0.39 is 5.81 Å². The van der Waals surface area contributed by atoms with Crippen molar-refractivity contribution in [2.75, 3.05) is 0 Å². The maximum Gasteiger partial charge on any atom is 0.177 e. The highest BCUT2D eigenvalue weighted by Crippen LogP contribution is 1.67. The zero-order valence-electron chi connectivity index (χ0n) is 2.55. The van der Waals surface area contributed by atoms with Gasteiger partial charge in [0.2, 0.25) is 0 Å². The van der Waals surface area contributed by atoms with Crippen LogP contribution in [0, 0.1) is 0 Å². The van der Waals surface area contributed by atoms with Crippen LogP contribution in [0.3, 0.4) is 0 Å². The van der Waals surface area contributed by atoms with Gasteiger partial charge in [0, 0.05) is 0 Å². The maximum atomic E-state index is 7.63. The summed E-state index contributed by atoms with van der Waals surface area (Å²) in [7, 11) is 4.24. The molecule has 3 nitrogen and oxygen atoms in total. The first-order valence-corrected chi connectivity index (χ1v) is 1.02. The first-order valence-electron chi connectivity index (χ1n) is 1.02. The summed E-state index contributed by atoms with van der Waals surface area (Å²) in [6.07, 6.45) is 0. The monoisotopic (exact) mass is 73.0 g/mol. The zero-order valence-corrected chi connectivity index (χ0v) is 2.55. The van der Waals surface area contributed by atoms with Crippen LogP contribution in [-0.2, 0) is 0 Å². The van der Waals surface area contributed by atoms with Crippen LogP contribution in [0.1, 0.15) is 0 Å². The molecule has 2 radical (unpaired) electrons. The minimum absolute atomic E-state index is 2.50. The number of hydrogen-bond acceptors (Lipinski definition) is 3. The summed E-state index contributed by atoms with van der Waals surface area (Å²) in [5.74, 6) is -2.50. The zero-order chi connectivity index (χ0) is 4.50. The Labute approximate surface area is 30.8 Å². The molecule has 0 aromatic heterocycles. The summed E-state index contributed by atoms with van der Waals surface area (Å²) < 4.78 is 0. The van der Waals surface area contributed by atoms with E-state index in [2.05, 4.69) is 13.6 Å². The van der Waals surface area contributed by atoms with E-state index in [-0.39, 0.29) is 0 Å². The fourth-order valence-corrected chi connectivity index (χ4v) is 0. The van der Waals surface area contributed by atoms with Crippen LogP contribution in [0.5, 0.6) is 0 Å². The van der Waals surface area contributed by atoms with Crippen molar-refractivity contribution in [3.63, 3.8) is 0 Å². The molecule has 0 aromatic rings. The van der Waals surface area contributed by atoms with Crippen LogP contribution in [0.25, 0.3) is 0 Å². The standard InChI is InChI=1S/CH4BNO2/c2-1(3,4)5/h4-5H,3H2. The van der Waals surface area contributed by atoms with Crippen molar-refractivity contribution in [1.82, 2.24) is 0 Å². The third kappa shape index (κ3) is 4920. The van der Waals surface area contributed by atoms with Gasteiger partial charge in [0.05, 0.1) is 0 Å². The third-order valence-electron chi connectivity index (χ3n) is 0. The molecule has 28 valence electrons. The molecule has 0 unspecified atom stereocenters. The number of rotatable bonds is 0. The maximum absolute atomic E-state index is 7.63. The topological polar surface area (TPSA) is 66.5 Å². The van der Waals surface area contributed by atoms with Crippen LogP contribution in [0.15, 0.2) is 0 Å². The Bertz CT molecular complexity index is 25.1. The van der Waals surface area contributed by atoms with E-state index in [9.17, 15) is 0 Å². The summed E-state index contributed by atoms with van der Waals surface area (Å²) in [5.41, 5.74) is 4.24. The van der Waals surface area contributed by atoms with E-state index in [4.69, 9.17) is 10.2 Å². The number of hydrogen-bond donors (Lipinski definition) is 3. The predicted molar refractivity (Wildman–Crippen MR) is 17.1 cm³/mol. The second-order valence-corrected chi connectivity index (χ2v) is 0.783. The fraction of sp³-hybridized carbons (Fsp3) is 1.00. The van der Waals surface area contributed by atoms with Gasteiger partial charge in [-0.1, -0.05) is 0 Å². The summed E-state index contributed by atoms with van der Waals surface area (Å²) in [6.45, 7) is 0. The van der Waals surface area contributed by atoms with Crippen LogP contribution in [0.4, 0.5) is 0 Å². The molecule has 0 saturated heterocycles. The quantitative estimate of drug-likeness (QED) is 0.223. The molecule has 0 aliphatic rings. The molecule has 0 aromatic carbocycles. The second kappa shape index (κ2) is 0.968. The largest absolute Gasteiger partial charge is 0.362 e. The van der Waals surface area contributed by atoms with Gasteiger partial charge in [0.25, 0.3) is 0 Å². The second-order valence-electron chi connectivity index (χ2n) is 0.783. The Hall–Kier alpha value is -0.0551. The molecule has 4 heteroatoms. The van der Waals surface area contributed by atoms with Crippen molar-refractivity contribution in [3.8, 4) is 0 Å². The van der Waals surface area contributed by atoms with E-state index in [1.165, 1.54) is 0 Å². The highest BCUT2D eigenvalue weighted by Gasteiger charge is 2.00. The minimum Gasteiger partial charge on any atom is -0.362 e. The van der Waals surface area contributed by atoms with Gasteiger partial charge in [0.15, 0.2) is 13.7 Å².